The number of rotatable bonds is 5. The summed E-state index contributed by atoms with van der Waals surface area (Å²) in [7, 11) is -2.75. The van der Waals surface area contributed by atoms with Gasteiger partial charge in [-0.1, -0.05) is 0 Å². The molecular weight excluding hydrogens is 413 g/mol. The minimum absolute atomic E-state index is 0.110. The molecule has 9 nitrogen and oxygen atoms in total. The molecule has 0 aliphatic heterocycles. The number of nitrogens with one attached hydrogen (secondary N) is 2. The maximum absolute atomic E-state index is 12.7. The Morgan fingerprint density at radius 3 is 2.28 bits per heavy atom. The predicted octanol–water partition coefficient (Wildman–Crippen LogP) is 2.28. The van der Waals surface area contributed by atoms with Crippen LogP contribution in [0.2, 0.25) is 0 Å². The lowest BCUT2D eigenvalue weighted by molar-refractivity contribution is -0.141. The summed E-state index contributed by atoms with van der Waals surface area (Å²) in [6.45, 7) is 0. The fourth-order valence-electron chi connectivity index (χ4n) is 2.26. The average molecular weight is 426 g/mol. The highest BCUT2D eigenvalue weighted by atomic mass is 32.2. The van der Waals surface area contributed by atoms with Crippen LogP contribution in [0.25, 0.3) is 0 Å². The first kappa shape index (κ1) is 20.3. The number of carbonyl (C=O) groups excluding carboxylic acids is 1. The van der Waals surface area contributed by atoms with Gasteiger partial charge in [-0.05, 0) is 30.3 Å². The van der Waals surface area contributed by atoms with E-state index in [1.807, 2.05) is 0 Å². The Morgan fingerprint density at radius 1 is 1.10 bits per heavy atom. The summed E-state index contributed by atoms with van der Waals surface area (Å²) in [6, 6.07) is 7.16. The molecule has 0 atom stereocenters. The molecular formula is C16H13F3N6O3S. The molecule has 2 aromatic heterocycles. The SMILES string of the molecule is Cn1nc(C(F)(F)F)cc1C(=O)Nc1ccc(S(=O)(=O)Nc2ncccn2)cc1. The van der Waals surface area contributed by atoms with Gasteiger partial charge in [0.05, 0.1) is 4.90 Å². The fraction of sp³-hybridized carbons (Fsp3) is 0.125. The van der Waals surface area contributed by atoms with Gasteiger partial charge in [-0.2, -0.15) is 18.3 Å². The number of hydrogen-bond acceptors (Lipinski definition) is 6. The lowest BCUT2D eigenvalue weighted by Crippen LogP contribution is -2.17. The maximum Gasteiger partial charge on any atom is 0.435 e. The molecule has 2 heterocycles. The highest BCUT2D eigenvalue weighted by Gasteiger charge is 2.35. The monoisotopic (exact) mass is 426 g/mol. The smallest absolute Gasteiger partial charge is 0.321 e. The average Bonchev–Trinajstić information content (AvgIpc) is 3.05. The van der Waals surface area contributed by atoms with E-state index in [1.54, 1.807) is 0 Å². The van der Waals surface area contributed by atoms with Crippen molar-refractivity contribution in [2.45, 2.75) is 11.1 Å². The van der Waals surface area contributed by atoms with Crippen LogP contribution < -0.4 is 10.0 Å². The second-order valence-corrected chi connectivity index (χ2v) is 7.37. The van der Waals surface area contributed by atoms with Crippen LogP contribution in [0.1, 0.15) is 16.2 Å². The van der Waals surface area contributed by atoms with Gasteiger partial charge in [0.25, 0.3) is 15.9 Å². The van der Waals surface area contributed by atoms with E-state index >= 15 is 0 Å². The highest BCUT2D eigenvalue weighted by molar-refractivity contribution is 7.92. The lowest BCUT2D eigenvalue weighted by atomic mass is 10.3. The Labute approximate surface area is 162 Å². The van der Waals surface area contributed by atoms with Gasteiger partial charge in [0.2, 0.25) is 5.95 Å². The van der Waals surface area contributed by atoms with Crippen molar-refractivity contribution in [1.29, 1.82) is 0 Å². The number of hydrogen-bond donors (Lipinski definition) is 2. The zero-order valence-corrected chi connectivity index (χ0v) is 15.5. The van der Waals surface area contributed by atoms with Gasteiger partial charge in [-0.3, -0.25) is 9.48 Å². The number of aromatic nitrogens is 4. The van der Waals surface area contributed by atoms with Gasteiger partial charge < -0.3 is 5.32 Å². The summed E-state index contributed by atoms with van der Waals surface area (Å²) in [5.41, 5.74) is -1.32. The van der Waals surface area contributed by atoms with Gasteiger partial charge >= 0.3 is 6.18 Å². The van der Waals surface area contributed by atoms with Crippen molar-refractivity contribution in [3.8, 4) is 0 Å². The molecule has 0 saturated carbocycles. The van der Waals surface area contributed by atoms with Crippen LogP contribution in [0, 0.1) is 0 Å². The minimum atomic E-state index is -4.68. The van der Waals surface area contributed by atoms with E-state index in [9.17, 15) is 26.4 Å². The van der Waals surface area contributed by atoms with Gasteiger partial charge in [-0.15, -0.1) is 0 Å². The van der Waals surface area contributed by atoms with E-state index in [-0.39, 0.29) is 22.2 Å². The molecule has 2 N–H and O–H groups in total. The summed E-state index contributed by atoms with van der Waals surface area (Å²) >= 11 is 0. The van der Waals surface area contributed by atoms with E-state index in [0.717, 1.165) is 4.68 Å². The van der Waals surface area contributed by atoms with Crippen LogP contribution in [0.15, 0.2) is 53.7 Å². The predicted molar refractivity (Wildman–Crippen MR) is 95.4 cm³/mol. The normalized spacial score (nSPS) is 11.9. The van der Waals surface area contributed by atoms with Gasteiger partial charge in [0.1, 0.15) is 5.69 Å². The van der Waals surface area contributed by atoms with Crippen LogP contribution in [-0.4, -0.2) is 34.1 Å². The first-order chi connectivity index (χ1) is 13.6. The molecule has 3 aromatic rings. The summed E-state index contributed by atoms with van der Waals surface area (Å²) in [6.07, 6.45) is -1.94. The molecule has 0 radical (unpaired) electrons. The van der Waals surface area contributed by atoms with Gasteiger partial charge in [0, 0.05) is 31.2 Å². The van der Waals surface area contributed by atoms with Crippen LogP contribution in [-0.2, 0) is 23.2 Å². The molecule has 1 amide bonds. The quantitative estimate of drug-likeness (QED) is 0.646. The maximum atomic E-state index is 12.7. The Bertz CT molecular complexity index is 1130. The third-order valence-corrected chi connectivity index (χ3v) is 4.96. The molecule has 1 aromatic carbocycles. The Hall–Kier alpha value is -3.48. The number of nitrogens with zero attached hydrogens (tertiary/aromatic N) is 4. The third kappa shape index (κ3) is 4.68. The van der Waals surface area contributed by atoms with Crippen molar-refractivity contribution >= 4 is 27.6 Å². The number of aryl methyl sites for hydroxylation is 1. The first-order valence-electron chi connectivity index (χ1n) is 7.89. The molecule has 0 aliphatic rings. The number of sulfonamides is 1. The van der Waals surface area contributed by atoms with Crippen molar-refractivity contribution in [2.75, 3.05) is 10.0 Å². The van der Waals surface area contributed by atoms with Crippen LogP contribution in [0.3, 0.4) is 0 Å². The zero-order valence-electron chi connectivity index (χ0n) is 14.7. The molecule has 29 heavy (non-hydrogen) atoms. The molecule has 0 unspecified atom stereocenters. The Morgan fingerprint density at radius 2 is 1.72 bits per heavy atom. The molecule has 0 aliphatic carbocycles. The molecule has 0 spiro atoms. The van der Waals surface area contributed by atoms with E-state index in [1.165, 1.54) is 49.8 Å². The van der Waals surface area contributed by atoms with Gasteiger partial charge in [0.15, 0.2) is 5.69 Å². The summed E-state index contributed by atoms with van der Waals surface area (Å²) in [5.74, 6) is -0.941. The number of carbonyl (C=O) groups is 1. The molecule has 0 fully saturated rings. The molecule has 3 rings (SSSR count). The number of anilines is 2. The second-order valence-electron chi connectivity index (χ2n) is 5.69. The largest absolute Gasteiger partial charge is 0.435 e. The molecule has 0 bridgehead atoms. The van der Waals surface area contributed by atoms with E-state index in [0.29, 0.717) is 6.07 Å². The number of benzene rings is 1. The Balaban J connectivity index is 1.74. The van der Waals surface area contributed by atoms with E-state index < -0.39 is 27.8 Å². The fourth-order valence-corrected chi connectivity index (χ4v) is 3.22. The lowest BCUT2D eigenvalue weighted by Gasteiger charge is -2.08. The van der Waals surface area contributed by atoms with E-state index in [2.05, 4.69) is 25.1 Å². The topological polar surface area (TPSA) is 119 Å². The summed E-state index contributed by atoms with van der Waals surface area (Å²) < 4.78 is 65.7. The van der Waals surface area contributed by atoms with Crippen LogP contribution in [0.5, 0.6) is 0 Å². The Kier molecular flexibility index (Phi) is 5.24. The van der Waals surface area contributed by atoms with Crippen molar-refractivity contribution in [3.63, 3.8) is 0 Å². The van der Waals surface area contributed by atoms with Gasteiger partial charge in [-0.25, -0.2) is 23.1 Å². The molecule has 152 valence electrons. The summed E-state index contributed by atoms with van der Waals surface area (Å²) in [4.78, 5) is 19.6. The number of halogens is 3. The van der Waals surface area contributed by atoms with Crippen LogP contribution in [0.4, 0.5) is 24.8 Å². The van der Waals surface area contributed by atoms with Crippen LogP contribution >= 0.6 is 0 Å². The summed E-state index contributed by atoms with van der Waals surface area (Å²) in [5, 5.41) is 5.65. The van der Waals surface area contributed by atoms with E-state index in [4.69, 9.17) is 0 Å². The standard InChI is InChI=1S/C16H13F3N6O3S/c1-25-12(9-13(23-25)16(17,18)19)14(26)22-10-3-5-11(6-4-10)29(27,28)24-15-20-7-2-8-21-15/h2-9H,1H3,(H,22,26)(H,20,21,24). The highest BCUT2D eigenvalue weighted by Crippen LogP contribution is 2.28. The van der Waals surface area contributed by atoms with Crippen molar-refractivity contribution in [1.82, 2.24) is 19.7 Å². The van der Waals surface area contributed by atoms with Crippen molar-refractivity contribution in [2.24, 2.45) is 7.05 Å². The second kappa shape index (κ2) is 7.50. The molecule has 13 heteroatoms. The number of alkyl halides is 3. The minimum Gasteiger partial charge on any atom is -0.321 e. The third-order valence-electron chi connectivity index (χ3n) is 3.62. The van der Waals surface area contributed by atoms with Crippen molar-refractivity contribution in [3.05, 3.63) is 60.2 Å². The molecule has 0 saturated heterocycles. The number of amides is 1. The van der Waals surface area contributed by atoms with Crippen molar-refractivity contribution < 1.29 is 26.4 Å². The zero-order chi connectivity index (χ0) is 21.2. The first-order valence-corrected chi connectivity index (χ1v) is 9.37.